The number of halogens is 4. The molecule has 4 nitrogen and oxygen atoms in total. The van der Waals surface area contributed by atoms with Crippen molar-refractivity contribution in [1.29, 1.82) is 0 Å². The Hall–Kier alpha value is -2.28. The quantitative estimate of drug-likeness (QED) is 0.670. The summed E-state index contributed by atoms with van der Waals surface area (Å²) in [7, 11) is 0. The Morgan fingerprint density at radius 3 is 2.57 bits per heavy atom. The van der Waals surface area contributed by atoms with Crippen LogP contribution in [0.25, 0.3) is 11.1 Å². The van der Waals surface area contributed by atoms with Gasteiger partial charge in [0.1, 0.15) is 5.69 Å². The third-order valence-corrected chi connectivity index (χ3v) is 3.25. The highest BCUT2D eigenvalue weighted by Crippen LogP contribution is 2.35. The van der Waals surface area contributed by atoms with Gasteiger partial charge < -0.3 is 10.5 Å². The van der Waals surface area contributed by atoms with Gasteiger partial charge in [-0.05, 0) is 25.1 Å². The van der Waals surface area contributed by atoms with Crippen molar-refractivity contribution in [2.45, 2.75) is 13.1 Å². The third-order valence-electron chi connectivity index (χ3n) is 2.95. The van der Waals surface area contributed by atoms with E-state index in [1.54, 1.807) is 6.92 Å². The summed E-state index contributed by atoms with van der Waals surface area (Å²) in [6, 6.07) is 4.76. The van der Waals surface area contributed by atoms with Crippen molar-refractivity contribution < 1.29 is 22.7 Å². The van der Waals surface area contributed by atoms with E-state index in [1.807, 2.05) is 0 Å². The zero-order chi connectivity index (χ0) is 17.2. The van der Waals surface area contributed by atoms with Crippen LogP contribution >= 0.6 is 11.6 Å². The summed E-state index contributed by atoms with van der Waals surface area (Å²) in [5.74, 6) is -0.670. The number of benzene rings is 1. The number of anilines is 1. The molecule has 1 heterocycles. The maximum atomic E-state index is 12.6. The number of carbonyl (C=O) groups excluding carboxylic acids is 1. The number of hydrogen-bond acceptors (Lipinski definition) is 4. The van der Waals surface area contributed by atoms with Gasteiger partial charge in [0.05, 0.1) is 17.2 Å². The Labute approximate surface area is 135 Å². The van der Waals surface area contributed by atoms with Crippen LogP contribution in [0.1, 0.15) is 23.0 Å². The van der Waals surface area contributed by atoms with Gasteiger partial charge in [0.15, 0.2) is 0 Å². The summed E-state index contributed by atoms with van der Waals surface area (Å²) in [6.07, 6.45) is -3.55. The van der Waals surface area contributed by atoms with Crippen LogP contribution in [0, 0.1) is 0 Å². The van der Waals surface area contributed by atoms with Crippen LogP contribution in [0.3, 0.4) is 0 Å². The summed E-state index contributed by atoms with van der Waals surface area (Å²) in [5.41, 5.74) is 5.41. The highest BCUT2D eigenvalue weighted by molar-refractivity contribution is 6.34. The Morgan fingerprint density at radius 2 is 2.04 bits per heavy atom. The molecule has 2 N–H and O–H groups in total. The van der Waals surface area contributed by atoms with Gasteiger partial charge in [-0.25, -0.2) is 4.79 Å². The topological polar surface area (TPSA) is 65.2 Å². The lowest BCUT2D eigenvalue weighted by molar-refractivity contribution is -0.141. The Balaban J connectivity index is 2.56. The van der Waals surface area contributed by atoms with Crippen molar-refractivity contribution in [1.82, 2.24) is 4.98 Å². The molecule has 0 atom stereocenters. The van der Waals surface area contributed by atoms with E-state index in [0.717, 1.165) is 12.3 Å². The van der Waals surface area contributed by atoms with E-state index < -0.39 is 17.8 Å². The second kappa shape index (κ2) is 6.45. The fourth-order valence-corrected chi connectivity index (χ4v) is 2.34. The van der Waals surface area contributed by atoms with Crippen molar-refractivity contribution in [3.05, 3.63) is 46.7 Å². The molecule has 0 amide bonds. The van der Waals surface area contributed by atoms with Gasteiger partial charge >= 0.3 is 12.1 Å². The number of ether oxygens (including phenoxy) is 1. The molecule has 0 bridgehead atoms. The molecule has 0 aliphatic heterocycles. The molecule has 0 fully saturated rings. The molecule has 23 heavy (non-hydrogen) atoms. The van der Waals surface area contributed by atoms with Crippen LogP contribution in [0.5, 0.6) is 0 Å². The minimum Gasteiger partial charge on any atom is -0.462 e. The second-order valence-corrected chi connectivity index (χ2v) is 4.98. The summed E-state index contributed by atoms with van der Waals surface area (Å²) < 4.78 is 42.7. The molecule has 1 aromatic carbocycles. The van der Waals surface area contributed by atoms with Crippen molar-refractivity contribution >= 4 is 23.3 Å². The molecule has 0 unspecified atom stereocenters. The number of alkyl halides is 3. The standard InChI is InChI=1S/C15H12ClF3N2O2/c1-2-23-14(22)10-5-9(20)6-11(16)13(10)8-3-4-12(21-7-8)15(17,18)19/h3-7H,2,20H2,1H3. The SMILES string of the molecule is CCOC(=O)c1cc(N)cc(Cl)c1-c1ccc(C(F)(F)F)nc1. The first-order valence-corrected chi connectivity index (χ1v) is 6.91. The van der Waals surface area contributed by atoms with Crippen LogP contribution < -0.4 is 5.73 Å². The van der Waals surface area contributed by atoms with Crippen LogP contribution in [0.2, 0.25) is 5.02 Å². The Bertz CT molecular complexity index is 731. The van der Waals surface area contributed by atoms with Crippen molar-refractivity contribution in [2.24, 2.45) is 0 Å². The minimum atomic E-state index is -4.55. The number of nitrogens with zero attached hydrogens (tertiary/aromatic N) is 1. The smallest absolute Gasteiger partial charge is 0.433 e. The van der Waals surface area contributed by atoms with Gasteiger partial charge in [0, 0.05) is 23.0 Å². The fraction of sp³-hybridized carbons (Fsp3) is 0.200. The van der Waals surface area contributed by atoms with E-state index in [4.69, 9.17) is 22.1 Å². The molecule has 0 aliphatic rings. The maximum Gasteiger partial charge on any atom is 0.433 e. The zero-order valence-electron chi connectivity index (χ0n) is 11.9. The molecule has 1 aromatic heterocycles. The van der Waals surface area contributed by atoms with Gasteiger partial charge in [-0.2, -0.15) is 13.2 Å². The zero-order valence-corrected chi connectivity index (χ0v) is 12.7. The number of nitrogen functional groups attached to an aromatic ring is 1. The molecular formula is C15H12ClF3N2O2. The lowest BCUT2D eigenvalue weighted by Gasteiger charge is -2.13. The minimum absolute atomic E-state index is 0.0680. The average Bonchev–Trinajstić information content (AvgIpc) is 2.46. The molecule has 0 saturated carbocycles. The van der Waals surface area contributed by atoms with Crippen LogP contribution in [0.15, 0.2) is 30.5 Å². The average molecular weight is 345 g/mol. The lowest BCUT2D eigenvalue weighted by Crippen LogP contribution is -2.09. The number of nitrogens with two attached hydrogens (primary N) is 1. The first-order valence-electron chi connectivity index (χ1n) is 6.53. The van der Waals surface area contributed by atoms with Gasteiger partial charge in [0.2, 0.25) is 0 Å². The maximum absolute atomic E-state index is 12.6. The van der Waals surface area contributed by atoms with Gasteiger partial charge in [0.25, 0.3) is 0 Å². The first kappa shape index (κ1) is 17.1. The second-order valence-electron chi connectivity index (χ2n) is 4.58. The fourth-order valence-electron chi connectivity index (χ4n) is 2.00. The summed E-state index contributed by atoms with van der Waals surface area (Å²) in [6.45, 7) is 1.76. The summed E-state index contributed by atoms with van der Waals surface area (Å²) >= 11 is 6.11. The van der Waals surface area contributed by atoms with Crippen LogP contribution in [0.4, 0.5) is 18.9 Å². The highest BCUT2D eigenvalue weighted by atomic mass is 35.5. The first-order chi connectivity index (χ1) is 10.7. The highest BCUT2D eigenvalue weighted by Gasteiger charge is 2.32. The van der Waals surface area contributed by atoms with Gasteiger partial charge in [-0.3, -0.25) is 4.98 Å². The molecular weight excluding hydrogens is 333 g/mol. The number of rotatable bonds is 3. The Kier molecular flexibility index (Phi) is 4.79. The molecule has 0 radical (unpaired) electrons. The number of pyridine rings is 1. The van der Waals surface area contributed by atoms with Crippen LogP contribution in [-0.4, -0.2) is 17.6 Å². The molecule has 2 rings (SSSR count). The van der Waals surface area contributed by atoms with E-state index in [9.17, 15) is 18.0 Å². The molecule has 2 aromatic rings. The largest absolute Gasteiger partial charge is 0.462 e. The lowest BCUT2D eigenvalue weighted by atomic mass is 10.00. The Morgan fingerprint density at radius 1 is 1.35 bits per heavy atom. The van der Waals surface area contributed by atoms with E-state index in [2.05, 4.69) is 4.98 Å². The predicted molar refractivity (Wildman–Crippen MR) is 80.1 cm³/mol. The molecule has 8 heteroatoms. The van der Waals surface area contributed by atoms with E-state index in [0.29, 0.717) is 0 Å². The van der Waals surface area contributed by atoms with Gasteiger partial charge in [-0.1, -0.05) is 17.7 Å². The van der Waals surface area contributed by atoms with E-state index in [1.165, 1.54) is 18.2 Å². The van der Waals surface area contributed by atoms with Crippen molar-refractivity contribution in [3.63, 3.8) is 0 Å². The van der Waals surface area contributed by atoms with E-state index >= 15 is 0 Å². The van der Waals surface area contributed by atoms with Crippen LogP contribution in [-0.2, 0) is 10.9 Å². The number of hydrogen-bond donors (Lipinski definition) is 1. The van der Waals surface area contributed by atoms with Crippen molar-refractivity contribution in [2.75, 3.05) is 12.3 Å². The summed E-state index contributed by atoms with van der Waals surface area (Å²) in [5, 5.41) is 0.120. The molecule has 122 valence electrons. The normalized spacial score (nSPS) is 11.3. The van der Waals surface area contributed by atoms with Crippen molar-refractivity contribution in [3.8, 4) is 11.1 Å². The molecule has 0 aliphatic carbocycles. The van der Waals surface area contributed by atoms with Gasteiger partial charge in [-0.15, -0.1) is 0 Å². The molecule has 0 spiro atoms. The third kappa shape index (κ3) is 3.73. The number of carbonyl (C=O) groups is 1. The molecule has 0 saturated heterocycles. The number of aromatic nitrogens is 1. The van der Waals surface area contributed by atoms with E-state index in [-0.39, 0.29) is 34.0 Å². The summed E-state index contributed by atoms with van der Waals surface area (Å²) in [4.78, 5) is 15.4. The number of esters is 1. The monoisotopic (exact) mass is 344 g/mol. The predicted octanol–water partition coefficient (Wildman–Crippen LogP) is 4.18.